The van der Waals surface area contributed by atoms with Gasteiger partial charge < -0.3 is 4.74 Å². The smallest absolute Gasteiger partial charge is 0.346 e. The Kier molecular flexibility index (Phi) is 2.40. The molecule has 2 aliphatic rings. The molecular formula is C9H18N3O+. The molecule has 0 bridgehead atoms. The molecule has 4 nitrogen and oxygen atoms in total. The Hall–Kier alpha value is -0.770. The van der Waals surface area contributed by atoms with Crippen LogP contribution >= 0.6 is 0 Å². The SMILES string of the molecule is C[C@@H]1C[N+](=C2NCCN2)C[C@H](C)O1. The Bertz CT molecular complexity index is 207. The predicted molar refractivity (Wildman–Crippen MR) is 51.0 cm³/mol. The first-order chi connectivity index (χ1) is 6.25. The van der Waals surface area contributed by atoms with Crippen molar-refractivity contribution in [2.75, 3.05) is 26.2 Å². The molecule has 13 heavy (non-hydrogen) atoms. The highest BCUT2D eigenvalue weighted by molar-refractivity contribution is 5.76. The van der Waals surface area contributed by atoms with Crippen molar-refractivity contribution in [2.24, 2.45) is 0 Å². The van der Waals surface area contributed by atoms with Crippen LogP contribution in [0.3, 0.4) is 0 Å². The monoisotopic (exact) mass is 184 g/mol. The predicted octanol–water partition coefficient (Wildman–Crippen LogP) is -0.645. The van der Waals surface area contributed by atoms with E-state index in [0.29, 0.717) is 12.2 Å². The van der Waals surface area contributed by atoms with Gasteiger partial charge in [0.25, 0.3) is 0 Å². The summed E-state index contributed by atoms with van der Waals surface area (Å²) in [6.07, 6.45) is 0.667. The van der Waals surface area contributed by atoms with Gasteiger partial charge in [-0.15, -0.1) is 0 Å². The minimum Gasteiger partial charge on any atom is -0.369 e. The van der Waals surface area contributed by atoms with Crippen LogP contribution in [-0.2, 0) is 4.74 Å². The van der Waals surface area contributed by atoms with Crippen molar-refractivity contribution in [1.29, 1.82) is 0 Å². The van der Waals surface area contributed by atoms with E-state index < -0.39 is 0 Å². The van der Waals surface area contributed by atoms with Gasteiger partial charge in [-0.3, -0.25) is 15.2 Å². The van der Waals surface area contributed by atoms with Gasteiger partial charge in [0.1, 0.15) is 0 Å². The topological polar surface area (TPSA) is 36.3 Å². The fourth-order valence-electron chi connectivity index (χ4n) is 2.01. The number of nitrogens with one attached hydrogen (secondary N) is 2. The van der Waals surface area contributed by atoms with Crippen LogP contribution in [0.1, 0.15) is 13.8 Å². The van der Waals surface area contributed by atoms with Crippen molar-refractivity contribution in [3.63, 3.8) is 0 Å². The summed E-state index contributed by atoms with van der Waals surface area (Å²) in [6, 6.07) is 0. The van der Waals surface area contributed by atoms with Crippen molar-refractivity contribution in [1.82, 2.24) is 10.6 Å². The lowest BCUT2D eigenvalue weighted by atomic mass is 10.2. The van der Waals surface area contributed by atoms with E-state index in [4.69, 9.17) is 4.74 Å². The molecule has 2 saturated heterocycles. The standard InChI is InChI=1S/C9H17N3O/c1-7-5-12(6-8(2)13-7)9-10-3-4-11-9/h7-8H,3-6H2,1-2H3,(H,10,11)/p+1/t7-,8+. The second-order valence-electron chi connectivity index (χ2n) is 3.86. The largest absolute Gasteiger partial charge is 0.369 e. The molecular weight excluding hydrogens is 166 g/mol. The summed E-state index contributed by atoms with van der Waals surface area (Å²) in [5.41, 5.74) is 0. The van der Waals surface area contributed by atoms with Crippen molar-refractivity contribution < 1.29 is 9.31 Å². The lowest BCUT2D eigenvalue weighted by Gasteiger charge is -2.27. The molecule has 0 aromatic heterocycles. The molecule has 4 heteroatoms. The Morgan fingerprint density at radius 3 is 2.23 bits per heavy atom. The molecule has 0 radical (unpaired) electrons. The van der Waals surface area contributed by atoms with E-state index in [1.807, 2.05) is 0 Å². The quantitative estimate of drug-likeness (QED) is 0.491. The minimum absolute atomic E-state index is 0.334. The molecule has 0 unspecified atom stereocenters. The van der Waals surface area contributed by atoms with Crippen LogP contribution in [0.2, 0.25) is 0 Å². The maximum atomic E-state index is 5.67. The van der Waals surface area contributed by atoms with Gasteiger partial charge in [-0.2, -0.15) is 0 Å². The van der Waals surface area contributed by atoms with Crippen molar-refractivity contribution >= 4 is 5.96 Å². The molecule has 2 atom stereocenters. The van der Waals surface area contributed by atoms with Crippen LogP contribution in [-0.4, -0.2) is 48.9 Å². The van der Waals surface area contributed by atoms with Crippen LogP contribution in [0.15, 0.2) is 0 Å². The molecule has 2 fully saturated rings. The van der Waals surface area contributed by atoms with E-state index >= 15 is 0 Å². The van der Waals surface area contributed by atoms with Gasteiger partial charge in [-0.1, -0.05) is 0 Å². The molecule has 0 aromatic carbocycles. The van der Waals surface area contributed by atoms with E-state index in [-0.39, 0.29) is 0 Å². The van der Waals surface area contributed by atoms with Crippen LogP contribution in [0.25, 0.3) is 0 Å². The van der Waals surface area contributed by atoms with Crippen LogP contribution in [0.4, 0.5) is 0 Å². The maximum Gasteiger partial charge on any atom is 0.346 e. The third kappa shape index (κ3) is 1.94. The van der Waals surface area contributed by atoms with Gasteiger partial charge in [0.05, 0.1) is 38.4 Å². The number of morpholine rings is 1. The van der Waals surface area contributed by atoms with Gasteiger partial charge >= 0.3 is 5.96 Å². The molecule has 0 amide bonds. The van der Waals surface area contributed by atoms with E-state index in [2.05, 4.69) is 29.1 Å². The Balaban J connectivity index is 2.09. The summed E-state index contributed by atoms with van der Waals surface area (Å²) in [7, 11) is 0. The summed E-state index contributed by atoms with van der Waals surface area (Å²) in [5.74, 6) is 1.18. The summed E-state index contributed by atoms with van der Waals surface area (Å²) >= 11 is 0. The maximum absolute atomic E-state index is 5.67. The zero-order valence-corrected chi connectivity index (χ0v) is 8.34. The van der Waals surface area contributed by atoms with E-state index in [1.54, 1.807) is 0 Å². The van der Waals surface area contributed by atoms with Gasteiger partial charge in [-0.25, -0.2) is 0 Å². The number of guanidine groups is 1. The second kappa shape index (κ2) is 3.54. The molecule has 0 aromatic rings. The van der Waals surface area contributed by atoms with Crippen LogP contribution in [0.5, 0.6) is 0 Å². The molecule has 0 aliphatic carbocycles. The number of ether oxygens (including phenoxy) is 1. The first kappa shape index (κ1) is 8.81. The summed E-state index contributed by atoms with van der Waals surface area (Å²) in [4.78, 5) is 0. The third-order valence-corrected chi connectivity index (χ3v) is 2.45. The number of rotatable bonds is 0. The summed E-state index contributed by atoms with van der Waals surface area (Å²) < 4.78 is 8.00. The molecule has 74 valence electrons. The lowest BCUT2D eigenvalue weighted by Crippen LogP contribution is -2.47. The van der Waals surface area contributed by atoms with Crippen LogP contribution in [0, 0.1) is 0 Å². The second-order valence-corrected chi connectivity index (χ2v) is 3.86. The zero-order valence-electron chi connectivity index (χ0n) is 8.34. The van der Waals surface area contributed by atoms with E-state index in [9.17, 15) is 0 Å². The first-order valence-corrected chi connectivity index (χ1v) is 5.01. The average molecular weight is 184 g/mol. The van der Waals surface area contributed by atoms with Crippen LogP contribution < -0.4 is 10.6 Å². The molecule has 0 saturated carbocycles. The van der Waals surface area contributed by atoms with E-state index in [0.717, 1.165) is 26.2 Å². The molecule has 0 spiro atoms. The Morgan fingerprint density at radius 1 is 1.15 bits per heavy atom. The first-order valence-electron chi connectivity index (χ1n) is 5.01. The fraction of sp³-hybridized carbons (Fsp3) is 0.889. The molecule has 2 aliphatic heterocycles. The summed E-state index contributed by atoms with van der Waals surface area (Å²) in [5, 5.41) is 6.69. The number of nitrogens with zero attached hydrogens (tertiary/aromatic N) is 1. The van der Waals surface area contributed by atoms with Gasteiger partial charge in [-0.05, 0) is 13.8 Å². The number of hydrogen-bond donors (Lipinski definition) is 2. The highest BCUT2D eigenvalue weighted by atomic mass is 16.5. The summed E-state index contributed by atoms with van der Waals surface area (Å²) in [6.45, 7) is 8.29. The highest BCUT2D eigenvalue weighted by Crippen LogP contribution is 2.06. The zero-order chi connectivity index (χ0) is 9.26. The third-order valence-electron chi connectivity index (χ3n) is 2.45. The van der Waals surface area contributed by atoms with E-state index in [1.165, 1.54) is 5.96 Å². The van der Waals surface area contributed by atoms with Gasteiger partial charge in [0.2, 0.25) is 0 Å². The molecule has 2 rings (SSSR count). The Labute approximate surface area is 79.0 Å². The van der Waals surface area contributed by atoms with Gasteiger partial charge in [0, 0.05) is 0 Å². The normalized spacial score (nSPS) is 34.3. The molecule has 2 heterocycles. The van der Waals surface area contributed by atoms with Gasteiger partial charge in [0.15, 0.2) is 0 Å². The lowest BCUT2D eigenvalue weighted by molar-refractivity contribution is -0.569. The minimum atomic E-state index is 0.334. The van der Waals surface area contributed by atoms with Crippen molar-refractivity contribution in [3.05, 3.63) is 0 Å². The molecule has 2 N–H and O–H groups in total. The number of hydrogen-bond acceptors (Lipinski definition) is 1. The van der Waals surface area contributed by atoms with Crippen molar-refractivity contribution in [2.45, 2.75) is 26.1 Å². The highest BCUT2D eigenvalue weighted by Gasteiger charge is 2.26. The fourth-order valence-corrected chi connectivity index (χ4v) is 2.01. The van der Waals surface area contributed by atoms with Crippen molar-refractivity contribution in [3.8, 4) is 0 Å². The average Bonchev–Trinajstić information content (AvgIpc) is 2.53. The Morgan fingerprint density at radius 2 is 1.69 bits per heavy atom.